The highest BCUT2D eigenvalue weighted by atomic mass is 15.3. The summed E-state index contributed by atoms with van der Waals surface area (Å²) < 4.78 is 1.77. The van der Waals surface area contributed by atoms with Crippen molar-refractivity contribution in [3.8, 4) is 6.07 Å². The molecule has 0 aliphatic heterocycles. The van der Waals surface area contributed by atoms with E-state index in [1.165, 1.54) is 6.33 Å². The topological polar surface area (TPSA) is 66.5 Å². The maximum atomic E-state index is 9.11. The van der Waals surface area contributed by atoms with E-state index >= 15 is 0 Å². The van der Waals surface area contributed by atoms with E-state index in [1.54, 1.807) is 11.0 Å². The van der Waals surface area contributed by atoms with Gasteiger partial charge < -0.3 is 0 Å². The van der Waals surface area contributed by atoms with E-state index in [2.05, 4.69) is 21.5 Å². The van der Waals surface area contributed by atoms with Crippen LogP contribution >= 0.6 is 0 Å². The van der Waals surface area contributed by atoms with Crippen LogP contribution in [0.1, 0.15) is 33.2 Å². The molecule has 0 fully saturated rings. The Labute approximate surface area is 90.1 Å². The molecule has 0 saturated heterocycles. The molecule has 15 heavy (non-hydrogen) atoms. The molecular weight excluding hydrogens is 190 g/mol. The van der Waals surface area contributed by atoms with Crippen LogP contribution in [0.25, 0.3) is 0 Å². The van der Waals surface area contributed by atoms with Gasteiger partial charge in [-0.25, -0.2) is 4.98 Å². The fraction of sp³-hybridized carbons (Fsp3) is 0.700. The predicted molar refractivity (Wildman–Crippen MR) is 57.0 cm³/mol. The zero-order valence-corrected chi connectivity index (χ0v) is 9.44. The molecule has 0 bridgehead atoms. The number of hydrogen-bond donors (Lipinski definition) is 1. The molecule has 0 amide bonds. The van der Waals surface area contributed by atoms with Crippen molar-refractivity contribution in [2.24, 2.45) is 0 Å². The third-order valence-electron chi connectivity index (χ3n) is 2.41. The van der Waals surface area contributed by atoms with Crippen LogP contribution in [0.4, 0.5) is 0 Å². The van der Waals surface area contributed by atoms with Crippen molar-refractivity contribution in [1.29, 1.82) is 5.26 Å². The fourth-order valence-corrected chi connectivity index (χ4v) is 1.68. The maximum Gasteiger partial charge on any atom is 0.137 e. The quantitative estimate of drug-likeness (QED) is 0.785. The molecule has 1 aromatic heterocycles. The predicted octanol–water partition coefficient (Wildman–Crippen LogP) is 1.12. The molecule has 0 spiro atoms. The summed E-state index contributed by atoms with van der Waals surface area (Å²) in [7, 11) is 0. The minimum Gasteiger partial charge on any atom is -0.300 e. The number of nitrogens with zero attached hydrogens (tertiary/aromatic N) is 4. The average Bonchev–Trinajstić information content (AvgIpc) is 2.71. The number of aromatic nitrogens is 3. The van der Waals surface area contributed by atoms with E-state index in [1.807, 2.05) is 20.8 Å². The Balaban J connectivity index is 2.64. The lowest BCUT2D eigenvalue weighted by Gasteiger charge is -2.25. The minimum absolute atomic E-state index is 0.163. The minimum atomic E-state index is -0.500. The maximum absolute atomic E-state index is 9.11. The van der Waals surface area contributed by atoms with E-state index < -0.39 is 5.54 Å². The molecule has 0 aromatic carbocycles. The van der Waals surface area contributed by atoms with Gasteiger partial charge in [0.1, 0.15) is 18.2 Å². The van der Waals surface area contributed by atoms with Gasteiger partial charge >= 0.3 is 0 Å². The molecule has 1 aromatic rings. The third kappa shape index (κ3) is 3.03. The zero-order valence-electron chi connectivity index (χ0n) is 9.44. The fourth-order valence-electron chi connectivity index (χ4n) is 1.68. The largest absolute Gasteiger partial charge is 0.300 e. The second-order valence-electron chi connectivity index (χ2n) is 3.90. The molecule has 82 valence electrons. The molecule has 2 atom stereocenters. The normalized spacial score (nSPS) is 16.7. The molecule has 0 aliphatic carbocycles. The Bertz CT molecular complexity index is 326. The lowest BCUT2D eigenvalue weighted by Crippen LogP contribution is -2.42. The Morgan fingerprint density at radius 1 is 1.67 bits per heavy atom. The lowest BCUT2D eigenvalue weighted by atomic mass is 9.95. The summed E-state index contributed by atoms with van der Waals surface area (Å²) >= 11 is 0. The smallest absolute Gasteiger partial charge is 0.137 e. The van der Waals surface area contributed by atoms with Crippen molar-refractivity contribution in [3.05, 3.63) is 12.7 Å². The van der Waals surface area contributed by atoms with Gasteiger partial charge in [0.2, 0.25) is 0 Å². The van der Waals surface area contributed by atoms with Crippen molar-refractivity contribution in [1.82, 2.24) is 20.1 Å². The summed E-state index contributed by atoms with van der Waals surface area (Å²) in [6, 6.07) is 2.46. The van der Waals surface area contributed by atoms with Gasteiger partial charge in [-0.1, -0.05) is 6.92 Å². The number of rotatable bonds is 5. The first-order valence-corrected chi connectivity index (χ1v) is 5.11. The molecule has 0 aliphatic rings. The Morgan fingerprint density at radius 3 is 2.87 bits per heavy atom. The van der Waals surface area contributed by atoms with E-state index in [4.69, 9.17) is 5.26 Å². The first kappa shape index (κ1) is 11.7. The summed E-state index contributed by atoms with van der Waals surface area (Å²) in [6.07, 6.45) is 3.89. The van der Waals surface area contributed by atoms with E-state index in [-0.39, 0.29) is 6.04 Å². The van der Waals surface area contributed by atoms with Crippen LogP contribution in [-0.2, 0) is 0 Å². The van der Waals surface area contributed by atoms with Gasteiger partial charge in [0, 0.05) is 6.42 Å². The third-order valence-corrected chi connectivity index (χ3v) is 2.41. The second kappa shape index (κ2) is 4.89. The molecule has 1 heterocycles. The Kier molecular flexibility index (Phi) is 3.81. The number of hydrogen-bond acceptors (Lipinski definition) is 4. The van der Waals surface area contributed by atoms with Crippen molar-refractivity contribution in [3.63, 3.8) is 0 Å². The number of nitriles is 1. The van der Waals surface area contributed by atoms with E-state index in [9.17, 15) is 0 Å². The van der Waals surface area contributed by atoms with Crippen LogP contribution in [0.2, 0.25) is 0 Å². The summed E-state index contributed by atoms with van der Waals surface area (Å²) in [5.41, 5.74) is -0.500. The van der Waals surface area contributed by atoms with Crippen molar-refractivity contribution in [2.75, 3.05) is 6.54 Å². The molecular formula is C10H17N5. The second-order valence-corrected chi connectivity index (χ2v) is 3.90. The van der Waals surface area contributed by atoms with Crippen molar-refractivity contribution >= 4 is 0 Å². The average molecular weight is 207 g/mol. The summed E-state index contributed by atoms with van der Waals surface area (Å²) in [6.45, 7) is 6.72. The first-order chi connectivity index (χ1) is 7.11. The van der Waals surface area contributed by atoms with Gasteiger partial charge in [-0.3, -0.25) is 10.00 Å². The highest BCUT2D eigenvalue weighted by molar-refractivity contribution is 5.04. The lowest BCUT2D eigenvalue weighted by molar-refractivity contribution is 0.337. The summed E-state index contributed by atoms with van der Waals surface area (Å²) in [4.78, 5) is 3.89. The van der Waals surface area contributed by atoms with E-state index in [0.29, 0.717) is 6.42 Å². The van der Waals surface area contributed by atoms with Gasteiger partial charge in [0.15, 0.2) is 0 Å². The van der Waals surface area contributed by atoms with Gasteiger partial charge in [-0.2, -0.15) is 10.4 Å². The molecule has 1 N–H and O–H groups in total. The summed E-state index contributed by atoms with van der Waals surface area (Å²) in [5, 5.41) is 16.3. The van der Waals surface area contributed by atoms with Crippen molar-refractivity contribution in [2.45, 2.75) is 38.8 Å². The Morgan fingerprint density at radius 2 is 2.40 bits per heavy atom. The monoisotopic (exact) mass is 207 g/mol. The van der Waals surface area contributed by atoms with Crippen LogP contribution in [-0.4, -0.2) is 26.8 Å². The highest BCUT2D eigenvalue weighted by Crippen LogP contribution is 2.18. The first-order valence-electron chi connectivity index (χ1n) is 5.11. The van der Waals surface area contributed by atoms with Gasteiger partial charge in [-0.15, -0.1) is 0 Å². The van der Waals surface area contributed by atoms with Crippen LogP contribution in [0.15, 0.2) is 12.7 Å². The highest BCUT2D eigenvalue weighted by Gasteiger charge is 2.25. The van der Waals surface area contributed by atoms with Crippen LogP contribution in [0, 0.1) is 11.3 Å². The zero-order chi connectivity index (χ0) is 11.3. The summed E-state index contributed by atoms with van der Waals surface area (Å²) in [5.74, 6) is 0. The van der Waals surface area contributed by atoms with Crippen LogP contribution in [0.5, 0.6) is 0 Å². The van der Waals surface area contributed by atoms with Crippen LogP contribution in [0.3, 0.4) is 0 Å². The molecule has 0 saturated carbocycles. The standard InChI is InChI=1S/C10H17N5/c1-4-13-10(3,6-11)5-9(2)15-8-12-7-14-15/h7-9,13H,4-5H2,1-3H3. The SMILES string of the molecule is CCNC(C)(C#N)CC(C)n1cncn1. The molecule has 5 heteroatoms. The molecule has 5 nitrogen and oxygen atoms in total. The molecule has 2 unspecified atom stereocenters. The van der Waals surface area contributed by atoms with Gasteiger partial charge in [0.25, 0.3) is 0 Å². The number of nitrogens with one attached hydrogen (secondary N) is 1. The molecule has 0 radical (unpaired) electrons. The van der Waals surface area contributed by atoms with Crippen LogP contribution < -0.4 is 5.32 Å². The van der Waals surface area contributed by atoms with E-state index in [0.717, 1.165) is 6.54 Å². The van der Waals surface area contributed by atoms with Gasteiger partial charge in [-0.05, 0) is 20.4 Å². The van der Waals surface area contributed by atoms with Gasteiger partial charge in [0.05, 0.1) is 12.1 Å². The molecule has 1 rings (SSSR count). The van der Waals surface area contributed by atoms with Crippen molar-refractivity contribution < 1.29 is 0 Å². The Hall–Kier alpha value is -1.41.